The molecule has 1 aliphatic carbocycles. The molecule has 2 nitrogen and oxygen atoms in total. The predicted molar refractivity (Wildman–Crippen MR) is 49.1 cm³/mol. The summed E-state index contributed by atoms with van der Waals surface area (Å²) in [7, 11) is 2.05. The zero-order valence-electron chi connectivity index (χ0n) is 8.05. The van der Waals surface area contributed by atoms with Crippen LogP contribution in [0.25, 0.3) is 0 Å². The molecule has 0 aromatic rings. The van der Waals surface area contributed by atoms with Crippen molar-refractivity contribution in [1.29, 1.82) is 0 Å². The van der Waals surface area contributed by atoms with Gasteiger partial charge in [0.1, 0.15) is 0 Å². The van der Waals surface area contributed by atoms with Gasteiger partial charge in [-0.15, -0.1) is 0 Å². The highest BCUT2D eigenvalue weighted by Crippen LogP contribution is 2.40. The zero-order chi connectivity index (χ0) is 8.55. The van der Waals surface area contributed by atoms with E-state index in [0.29, 0.717) is 12.2 Å². The minimum atomic E-state index is 0.563. The van der Waals surface area contributed by atoms with Gasteiger partial charge in [-0.1, -0.05) is 6.92 Å². The molecule has 1 N–H and O–H groups in total. The molecule has 2 heteroatoms. The van der Waals surface area contributed by atoms with E-state index in [-0.39, 0.29) is 0 Å². The van der Waals surface area contributed by atoms with E-state index in [1.165, 1.54) is 25.7 Å². The van der Waals surface area contributed by atoms with Crippen LogP contribution in [0, 0.1) is 5.92 Å². The molecule has 1 saturated heterocycles. The Labute approximate surface area is 74.7 Å². The van der Waals surface area contributed by atoms with E-state index in [1.54, 1.807) is 0 Å². The molecule has 2 aliphatic rings. The predicted octanol–water partition coefficient (Wildman–Crippen LogP) is 1.55. The summed E-state index contributed by atoms with van der Waals surface area (Å²) in [6, 6.07) is 0.755. The number of ether oxygens (including phenoxy) is 1. The minimum absolute atomic E-state index is 0.563. The Bertz CT molecular complexity index is 160. The van der Waals surface area contributed by atoms with Crippen LogP contribution in [0.2, 0.25) is 0 Å². The SMILES string of the molecule is CCC1CCC(C2CC2NC)O1. The van der Waals surface area contributed by atoms with Gasteiger partial charge in [0.05, 0.1) is 12.2 Å². The Kier molecular flexibility index (Phi) is 2.37. The number of hydrogen-bond acceptors (Lipinski definition) is 2. The molecule has 2 fully saturated rings. The Hall–Kier alpha value is -0.0800. The van der Waals surface area contributed by atoms with Crippen molar-refractivity contribution in [3.63, 3.8) is 0 Å². The quantitative estimate of drug-likeness (QED) is 0.692. The molecule has 2 rings (SSSR count). The lowest BCUT2D eigenvalue weighted by Gasteiger charge is -2.11. The fraction of sp³-hybridized carbons (Fsp3) is 1.00. The maximum Gasteiger partial charge on any atom is 0.0623 e. The molecule has 4 unspecified atom stereocenters. The van der Waals surface area contributed by atoms with Gasteiger partial charge in [0.15, 0.2) is 0 Å². The first-order chi connectivity index (χ1) is 5.85. The van der Waals surface area contributed by atoms with Crippen molar-refractivity contribution in [2.75, 3.05) is 7.05 Å². The van der Waals surface area contributed by atoms with Crippen LogP contribution in [-0.4, -0.2) is 25.3 Å². The molecule has 0 bridgehead atoms. The summed E-state index contributed by atoms with van der Waals surface area (Å²) in [5.74, 6) is 0.826. The molecule has 0 radical (unpaired) electrons. The molecule has 4 atom stereocenters. The molecular formula is C10H19NO. The molecule has 0 amide bonds. The summed E-state index contributed by atoms with van der Waals surface area (Å²) in [4.78, 5) is 0. The summed E-state index contributed by atoms with van der Waals surface area (Å²) >= 11 is 0. The normalized spacial score (nSPS) is 46.5. The van der Waals surface area contributed by atoms with Crippen molar-refractivity contribution in [2.45, 2.75) is 50.9 Å². The van der Waals surface area contributed by atoms with Crippen LogP contribution in [0.5, 0.6) is 0 Å². The van der Waals surface area contributed by atoms with Crippen LogP contribution in [0.15, 0.2) is 0 Å². The first-order valence-corrected chi connectivity index (χ1v) is 5.18. The first kappa shape index (κ1) is 8.52. The van der Waals surface area contributed by atoms with Gasteiger partial charge in [0, 0.05) is 12.0 Å². The fourth-order valence-corrected chi connectivity index (χ4v) is 2.31. The highest BCUT2D eigenvalue weighted by molar-refractivity contribution is 4.99. The summed E-state index contributed by atoms with van der Waals surface area (Å²) in [5, 5.41) is 3.32. The molecule has 0 spiro atoms. The second kappa shape index (κ2) is 3.35. The van der Waals surface area contributed by atoms with E-state index in [4.69, 9.17) is 4.74 Å². The van der Waals surface area contributed by atoms with Crippen LogP contribution in [-0.2, 0) is 4.74 Å². The van der Waals surface area contributed by atoms with Crippen LogP contribution < -0.4 is 5.32 Å². The maximum atomic E-state index is 5.93. The highest BCUT2D eigenvalue weighted by Gasteiger charge is 2.45. The van der Waals surface area contributed by atoms with Crippen LogP contribution in [0.3, 0.4) is 0 Å². The third-order valence-corrected chi connectivity index (χ3v) is 3.28. The van der Waals surface area contributed by atoms with E-state index in [9.17, 15) is 0 Å². The summed E-state index contributed by atoms with van der Waals surface area (Å²) < 4.78 is 5.93. The Balaban J connectivity index is 1.77. The van der Waals surface area contributed by atoms with E-state index in [1.807, 2.05) is 0 Å². The van der Waals surface area contributed by atoms with Crippen LogP contribution >= 0.6 is 0 Å². The second-order valence-corrected chi connectivity index (χ2v) is 4.08. The zero-order valence-corrected chi connectivity index (χ0v) is 8.05. The van der Waals surface area contributed by atoms with Crippen molar-refractivity contribution in [1.82, 2.24) is 5.32 Å². The lowest BCUT2D eigenvalue weighted by Crippen LogP contribution is -2.19. The van der Waals surface area contributed by atoms with E-state index in [0.717, 1.165) is 12.0 Å². The van der Waals surface area contributed by atoms with Crippen molar-refractivity contribution in [2.24, 2.45) is 5.92 Å². The van der Waals surface area contributed by atoms with Gasteiger partial charge < -0.3 is 10.1 Å². The van der Waals surface area contributed by atoms with Gasteiger partial charge in [-0.3, -0.25) is 0 Å². The standard InChI is InChI=1S/C10H19NO/c1-3-7-4-5-10(12-7)8-6-9(8)11-2/h7-11H,3-6H2,1-2H3. The van der Waals surface area contributed by atoms with E-state index >= 15 is 0 Å². The first-order valence-electron chi connectivity index (χ1n) is 5.18. The third-order valence-electron chi connectivity index (χ3n) is 3.28. The summed E-state index contributed by atoms with van der Waals surface area (Å²) in [5.41, 5.74) is 0. The second-order valence-electron chi connectivity index (χ2n) is 4.08. The largest absolute Gasteiger partial charge is 0.375 e. The Morgan fingerprint density at radius 3 is 2.75 bits per heavy atom. The van der Waals surface area contributed by atoms with Gasteiger partial charge in [-0.05, 0) is 32.7 Å². The minimum Gasteiger partial charge on any atom is -0.375 e. The lowest BCUT2D eigenvalue weighted by atomic mass is 10.1. The highest BCUT2D eigenvalue weighted by atomic mass is 16.5. The molecule has 0 aromatic carbocycles. The van der Waals surface area contributed by atoms with Gasteiger partial charge in [0.2, 0.25) is 0 Å². The van der Waals surface area contributed by atoms with Crippen molar-refractivity contribution >= 4 is 0 Å². The van der Waals surface area contributed by atoms with Crippen LogP contribution in [0.4, 0.5) is 0 Å². The smallest absolute Gasteiger partial charge is 0.0623 e. The molecule has 1 saturated carbocycles. The van der Waals surface area contributed by atoms with Gasteiger partial charge >= 0.3 is 0 Å². The molecule has 70 valence electrons. The number of nitrogens with one attached hydrogen (secondary N) is 1. The number of hydrogen-bond donors (Lipinski definition) is 1. The van der Waals surface area contributed by atoms with Gasteiger partial charge in [0.25, 0.3) is 0 Å². The summed E-state index contributed by atoms with van der Waals surface area (Å²) in [6.45, 7) is 2.22. The number of rotatable bonds is 3. The van der Waals surface area contributed by atoms with E-state index in [2.05, 4.69) is 19.3 Å². The molecule has 0 aromatic heterocycles. The monoisotopic (exact) mass is 169 g/mol. The van der Waals surface area contributed by atoms with Crippen LogP contribution in [0.1, 0.15) is 32.6 Å². The topological polar surface area (TPSA) is 21.3 Å². The molecule has 1 aliphatic heterocycles. The Morgan fingerprint density at radius 1 is 1.42 bits per heavy atom. The van der Waals surface area contributed by atoms with Crippen molar-refractivity contribution in [3.8, 4) is 0 Å². The Morgan fingerprint density at radius 2 is 2.25 bits per heavy atom. The third kappa shape index (κ3) is 1.50. The van der Waals surface area contributed by atoms with E-state index < -0.39 is 0 Å². The fourth-order valence-electron chi connectivity index (χ4n) is 2.31. The van der Waals surface area contributed by atoms with Crippen molar-refractivity contribution < 1.29 is 4.74 Å². The molecular weight excluding hydrogens is 150 g/mol. The average Bonchev–Trinajstić information content (AvgIpc) is 2.75. The van der Waals surface area contributed by atoms with Crippen molar-refractivity contribution in [3.05, 3.63) is 0 Å². The molecule has 12 heavy (non-hydrogen) atoms. The summed E-state index contributed by atoms with van der Waals surface area (Å²) in [6.07, 6.45) is 6.24. The molecule has 1 heterocycles. The average molecular weight is 169 g/mol. The van der Waals surface area contributed by atoms with Gasteiger partial charge in [-0.25, -0.2) is 0 Å². The maximum absolute atomic E-state index is 5.93. The lowest BCUT2D eigenvalue weighted by molar-refractivity contribution is 0.0297. The van der Waals surface area contributed by atoms with Gasteiger partial charge in [-0.2, -0.15) is 0 Å².